The molecule has 0 bridgehead atoms. The molecule has 7 heteroatoms. The third-order valence-electron chi connectivity index (χ3n) is 4.34. The van der Waals surface area contributed by atoms with Gasteiger partial charge in [0.1, 0.15) is 0 Å². The largest absolute Gasteiger partial charge is 0.493 e. The number of hydrogen-bond acceptors (Lipinski definition) is 6. The van der Waals surface area contributed by atoms with Gasteiger partial charge >= 0.3 is 0 Å². The molecule has 4 aromatic rings. The van der Waals surface area contributed by atoms with Crippen molar-refractivity contribution >= 4 is 22.4 Å². The molecule has 4 rings (SSSR count). The molecule has 0 radical (unpaired) electrons. The lowest BCUT2D eigenvalue weighted by Gasteiger charge is -2.07. The Morgan fingerprint density at radius 3 is 2.56 bits per heavy atom. The predicted molar refractivity (Wildman–Crippen MR) is 106 cm³/mol. The van der Waals surface area contributed by atoms with Gasteiger partial charge in [-0.1, -0.05) is 41.7 Å². The summed E-state index contributed by atoms with van der Waals surface area (Å²) in [5.41, 5.74) is 2.66. The van der Waals surface area contributed by atoms with Crippen molar-refractivity contribution in [2.75, 3.05) is 14.2 Å². The molecule has 27 heavy (non-hydrogen) atoms. The average Bonchev–Trinajstić information content (AvgIpc) is 3.22. The molecule has 0 fully saturated rings. The van der Waals surface area contributed by atoms with Crippen LogP contribution in [0, 0.1) is 6.92 Å². The fraction of sp³-hybridized carbons (Fsp3) is 0.150. The van der Waals surface area contributed by atoms with Crippen molar-refractivity contribution in [2.45, 2.75) is 6.92 Å². The van der Waals surface area contributed by atoms with Crippen molar-refractivity contribution in [2.24, 2.45) is 0 Å². The summed E-state index contributed by atoms with van der Waals surface area (Å²) < 4.78 is 12.7. The van der Waals surface area contributed by atoms with Gasteiger partial charge in [0.15, 0.2) is 17.3 Å². The van der Waals surface area contributed by atoms with Crippen molar-refractivity contribution < 1.29 is 9.47 Å². The van der Waals surface area contributed by atoms with Crippen molar-refractivity contribution in [1.29, 1.82) is 0 Å². The highest BCUT2D eigenvalue weighted by atomic mass is 32.1. The number of methoxy groups -OCH3 is 2. The first-order chi connectivity index (χ1) is 13.1. The quantitative estimate of drug-likeness (QED) is 0.545. The molecular weight excluding hydrogens is 362 g/mol. The number of aryl methyl sites for hydroxylation is 1. The van der Waals surface area contributed by atoms with Gasteiger partial charge in [-0.2, -0.15) is 0 Å². The molecule has 0 amide bonds. The molecule has 0 aliphatic rings. The van der Waals surface area contributed by atoms with Crippen LogP contribution in [0.25, 0.3) is 22.4 Å². The number of ether oxygens (including phenoxy) is 2. The highest BCUT2D eigenvalue weighted by Gasteiger charge is 2.15. The molecule has 2 heterocycles. The normalized spacial score (nSPS) is 11.9. The number of rotatable bonds is 4. The Morgan fingerprint density at radius 1 is 1.04 bits per heavy atom. The molecular formula is C20H17N3O3S. The summed E-state index contributed by atoms with van der Waals surface area (Å²) in [5, 5.41) is 8.41. The average molecular weight is 379 g/mol. The van der Waals surface area contributed by atoms with E-state index in [1.165, 1.54) is 11.3 Å². The molecule has 0 aliphatic heterocycles. The van der Waals surface area contributed by atoms with Gasteiger partial charge in [-0.05, 0) is 36.3 Å². The Bertz CT molecular complexity index is 1240. The molecule has 0 saturated heterocycles. The highest BCUT2D eigenvalue weighted by Crippen LogP contribution is 2.28. The van der Waals surface area contributed by atoms with E-state index in [1.807, 2.05) is 55.5 Å². The first-order valence-electron chi connectivity index (χ1n) is 8.30. The summed E-state index contributed by atoms with van der Waals surface area (Å²) in [6.45, 7) is 1.99. The number of nitrogens with zero attached hydrogens (tertiary/aromatic N) is 3. The second-order valence-electron chi connectivity index (χ2n) is 5.99. The van der Waals surface area contributed by atoms with E-state index in [1.54, 1.807) is 18.6 Å². The molecule has 2 aromatic heterocycles. The minimum atomic E-state index is -0.131. The topological polar surface area (TPSA) is 65.7 Å². The van der Waals surface area contributed by atoms with Crippen LogP contribution >= 0.6 is 11.3 Å². The van der Waals surface area contributed by atoms with Gasteiger partial charge in [-0.15, -0.1) is 10.2 Å². The lowest BCUT2D eigenvalue weighted by atomic mass is 10.1. The second-order valence-corrected chi connectivity index (χ2v) is 7.00. The van der Waals surface area contributed by atoms with Gasteiger partial charge in [0.25, 0.3) is 5.56 Å². The number of benzene rings is 2. The zero-order valence-corrected chi connectivity index (χ0v) is 15.9. The van der Waals surface area contributed by atoms with Crippen LogP contribution in [0.1, 0.15) is 11.1 Å². The van der Waals surface area contributed by atoms with E-state index in [0.717, 1.165) is 16.7 Å². The molecule has 0 unspecified atom stereocenters. The van der Waals surface area contributed by atoms with Gasteiger partial charge in [-0.25, -0.2) is 4.40 Å². The molecule has 0 spiro atoms. The number of fused-ring (bicyclic) bond motifs is 1. The minimum absolute atomic E-state index is 0.131. The Hall–Kier alpha value is -3.19. The maximum atomic E-state index is 13.0. The molecule has 6 nitrogen and oxygen atoms in total. The van der Waals surface area contributed by atoms with Crippen molar-refractivity contribution in [3.63, 3.8) is 0 Å². The van der Waals surface area contributed by atoms with Crippen LogP contribution in [0.5, 0.6) is 11.5 Å². The van der Waals surface area contributed by atoms with Crippen LogP contribution in [0.4, 0.5) is 0 Å². The lowest BCUT2D eigenvalue weighted by Crippen LogP contribution is -2.23. The number of hydrogen-bond donors (Lipinski definition) is 0. The second kappa shape index (κ2) is 6.85. The van der Waals surface area contributed by atoms with E-state index in [2.05, 4.69) is 10.2 Å². The summed E-state index contributed by atoms with van der Waals surface area (Å²) in [6, 6.07) is 13.3. The maximum absolute atomic E-state index is 13.0. The molecule has 0 atom stereocenters. The zero-order chi connectivity index (χ0) is 19.0. The van der Waals surface area contributed by atoms with E-state index in [4.69, 9.17) is 9.47 Å². The third-order valence-corrected chi connectivity index (χ3v) is 5.30. The van der Waals surface area contributed by atoms with Crippen LogP contribution in [-0.4, -0.2) is 28.8 Å². The van der Waals surface area contributed by atoms with E-state index < -0.39 is 0 Å². The third kappa shape index (κ3) is 2.96. The predicted octanol–water partition coefficient (Wildman–Crippen LogP) is 2.69. The Balaban J connectivity index is 1.88. The van der Waals surface area contributed by atoms with Gasteiger partial charge in [0.2, 0.25) is 4.96 Å². The molecule has 0 N–H and O–H groups in total. The highest BCUT2D eigenvalue weighted by molar-refractivity contribution is 7.15. The Kier molecular flexibility index (Phi) is 4.37. The smallest absolute Gasteiger partial charge is 0.276 e. The minimum Gasteiger partial charge on any atom is -0.493 e. The van der Waals surface area contributed by atoms with Gasteiger partial charge in [-0.3, -0.25) is 4.79 Å². The Morgan fingerprint density at radius 2 is 1.81 bits per heavy atom. The Labute approximate surface area is 159 Å². The molecule has 136 valence electrons. The maximum Gasteiger partial charge on any atom is 0.276 e. The zero-order valence-electron chi connectivity index (χ0n) is 15.1. The van der Waals surface area contributed by atoms with Crippen molar-refractivity contribution in [3.05, 3.63) is 68.5 Å². The van der Waals surface area contributed by atoms with Gasteiger partial charge in [0.05, 0.1) is 18.8 Å². The fourth-order valence-electron chi connectivity index (χ4n) is 2.95. The fourth-order valence-corrected chi connectivity index (χ4v) is 3.87. The molecule has 0 aliphatic carbocycles. The molecule has 2 aromatic carbocycles. The molecule has 0 saturated carbocycles. The van der Waals surface area contributed by atoms with Crippen LogP contribution in [0.3, 0.4) is 0 Å². The number of aromatic nitrogens is 3. The summed E-state index contributed by atoms with van der Waals surface area (Å²) in [6.07, 6.45) is 1.82. The summed E-state index contributed by atoms with van der Waals surface area (Å²) in [7, 11) is 3.17. The summed E-state index contributed by atoms with van der Waals surface area (Å²) in [5.74, 6) is 1.82. The summed E-state index contributed by atoms with van der Waals surface area (Å²) >= 11 is 1.31. The standard InChI is InChI=1S/C20H17N3O3S/c1-12-6-4-5-7-14(12)18-21-22-20-23(18)19(24)17(27-20)11-13-8-9-15(25-2)16(10-13)26-3/h4-11H,1-3H3. The van der Waals surface area contributed by atoms with E-state index >= 15 is 0 Å². The van der Waals surface area contributed by atoms with Crippen molar-refractivity contribution in [1.82, 2.24) is 14.6 Å². The SMILES string of the molecule is COc1ccc(C=c2sc3nnc(-c4ccccc4C)n3c2=O)cc1OC. The van der Waals surface area contributed by atoms with Crippen LogP contribution in [0.2, 0.25) is 0 Å². The number of thiazole rings is 1. The van der Waals surface area contributed by atoms with Crippen LogP contribution < -0.4 is 19.6 Å². The first-order valence-corrected chi connectivity index (χ1v) is 9.11. The monoisotopic (exact) mass is 379 g/mol. The van der Waals surface area contributed by atoms with E-state index in [9.17, 15) is 4.79 Å². The van der Waals surface area contributed by atoms with Crippen LogP contribution in [0.15, 0.2) is 47.3 Å². The van der Waals surface area contributed by atoms with Crippen LogP contribution in [-0.2, 0) is 0 Å². The first kappa shape index (κ1) is 17.2. The van der Waals surface area contributed by atoms with E-state index in [-0.39, 0.29) is 5.56 Å². The lowest BCUT2D eigenvalue weighted by molar-refractivity contribution is 0.355. The van der Waals surface area contributed by atoms with Gasteiger partial charge < -0.3 is 9.47 Å². The summed E-state index contributed by atoms with van der Waals surface area (Å²) in [4.78, 5) is 13.6. The van der Waals surface area contributed by atoms with Gasteiger partial charge in [0, 0.05) is 5.56 Å². The van der Waals surface area contributed by atoms with E-state index in [0.29, 0.717) is 26.8 Å². The van der Waals surface area contributed by atoms with Crippen molar-refractivity contribution in [3.8, 4) is 22.9 Å².